The number of thioether (sulfide) groups is 1. The van der Waals surface area contributed by atoms with E-state index in [1.54, 1.807) is 19.9 Å². The van der Waals surface area contributed by atoms with Crippen molar-refractivity contribution in [3.05, 3.63) is 57.5 Å². The standard InChI is InChI=1S/C28H34FN5O4S2/c1-4-6-14-34-22(16-30-25(36)18-10-9-11-19(29)15-18)32-33-28(34)39-17(3)24(35)31-26-23(27(37)38-5-2)20-12-7-8-13-21(20)40-26/h9-11,15,17H,4-8,12-14,16H2,1-3H3,(H,30,36)(H,31,35)/t17-/m0/s1. The van der Waals surface area contributed by atoms with Gasteiger partial charge in [-0.05, 0) is 69.7 Å². The maximum atomic E-state index is 13.5. The topological polar surface area (TPSA) is 115 Å². The molecule has 1 aromatic carbocycles. The Kier molecular flexibility index (Phi) is 10.3. The first-order chi connectivity index (χ1) is 19.3. The average Bonchev–Trinajstić information content (AvgIpc) is 3.50. The van der Waals surface area contributed by atoms with Gasteiger partial charge in [0.15, 0.2) is 11.0 Å². The molecule has 1 aliphatic carbocycles. The zero-order chi connectivity index (χ0) is 28.6. The minimum atomic E-state index is -0.534. The van der Waals surface area contributed by atoms with Crippen LogP contribution in [0.3, 0.4) is 0 Å². The van der Waals surface area contributed by atoms with Crippen LogP contribution >= 0.6 is 23.1 Å². The third kappa shape index (κ3) is 7.08. The van der Waals surface area contributed by atoms with Crippen LogP contribution in [0, 0.1) is 5.82 Å². The lowest BCUT2D eigenvalue weighted by atomic mass is 9.95. The number of thiophene rings is 1. The number of aryl methyl sites for hydroxylation is 1. The molecule has 2 amide bonds. The summed E-state index contributed by atoms with van der Waals surface area (Å²) in [7, 11) is 0. The number of halogens is 1. The summed E-state index contributed by atoms with van der Waals surface area (Å²) in [5.41, 5.74) is 1.70. The molecule has 12 heteroatoms. The molecule has 9 nitrogen and oxygen atoms in total. The summed E-state index contributed by atoms with van der Waals surface area (Å²) in [6.45, 7) is 6.61. The van der Waals surface area contributed by atoms with E-state index in [0.717, 1.165) is 49.0 Å². The molecule has 2 N–H and O–H groups in total. The van der Waals surface area contributed by atoms with Crippen LogP contribution in [0.5, 0.6) is 0 Å². The highest BCUT2D eigenvalue weighted by atomic mass is 32.2. The number of nitrogens with one attached hydrogen (secondary N) is 2. The molecule has 0 aliphatic heterocycles. The van der Waals surface area contributed by atoms with E-state index in [-0.39, 0.29) is 24.6 Å². The third-order valence-electron chi connectivity index (χ3n) is 6.56. The van der Waals surface area contributed by atoms with Crippen LogP contribution in [0.2, 0.25) is 0 Å². The maximum Gasteiger partial charge on any atom is 0.341 e. The van der Waals surface area contributed by atoms with Crippen molar-refractivity contribution >= 4 is 45.9 Å². The van der Waals surface area contributed by atoms with E-state index in [1.165, 1.54) is 41.3 Å². The fourth-order valence-electron chi connectivity index (χ4n) is 4.47. The Balaban J connectivity index is 1.46. The van der Waals surface area contributed by atoms with Gasteiger partial charge < -0.3 is 19.9 Å². The lowest BCUT2D eigenvalue weighted by Gasteiger charge is -2.14. The van der Waals surface area contributed by atoms with E-state index in [4.69, 9.17) is 4.74 Å². The molecule has 2 heterocycles. The zero-order valence-corrected chi connectivity index (χ0v) is 24.6. The van der Waals surface area contributed by atoms with E-state index < -0.39 is 22.9 Å². The second kappa shape index (κ2) is 13.9. The molecule has 0 radical (unpaired) electrons. The highest BCUT2D eigenvalue weighted by Crippen LogP contribution is 2.39. The predicted octanol–water partition coefficient (Wildman–Crippen LogP) is 5.38. The van der Waals surface area contributed by atoms with Crippen molar-refractivity contribution in [3.63, 3.8) is 0 Å². The third-order valence-corrected chi connectivity index (χ3v) is 8.85. The first kappa shape index (κ1) is 29.7. The van der Waals surface area contributed by atoms with Gasteiger partial charge in [-0.15, -0.1) is 21.5 Å². The van der Waals surface area contributed by atoms with Gasteiger partial charge in [0.05, 0.1) is 24.0 Å². The number of esters is 1. The molecular formula is C28H34FN5O4S2. The Bertz CT molecular complexity index is 1370. The molecule has 0 saturated carbocycles. The molecule has 1 aliphatic rings. The summed E-state index contributed by atoms with van der Waals surface area (Å²) >= 11 is 2.72. The van der Waals surface area contributed by atoms with Crippen LogP contribution in [0.1, 0.15) is 83.4 Å². The van der Waals surface area contributed by atoms with Crippen LogP contribution < -0.4 is 10.6 Å². The van der Waals surface area contributed by atoms with Crippen molar-refractivity contribution in [3.8, 4) is 0 Å². The molecular weight excluding hydrogens is 553 g/mol. The number of benzene rings is 1. The Morgan fingerprint density at radius 2 is 2.00 bits per heavy atom. The maximum absolute atomic E-state index is 13.5. The second-order valence-corrected chi connectivity index (χ2v) is 11.9. The van der Waals surface area contributed by atoms with Crippen LogP contribution in [-0.2, 0) is 35.5 Å². The normalized spacial score (nSPS) is 13.4. The summed E-state index contributed by atoms with van der Waals surface area (Å²) in [5, 5.41) is 14.9. The van der Waals surface area contributed by atoms with E-state index in [9.17, 15) is 18.8 Å². The number of aromatic nitrogens is 3. The van der Waals surface area contributed by atoms with Gasteiger partial charge in [-0.1, -0.05) is 31.2 Å². The SMILES string of the molecule is CCCCn1c(CNC(=O)c2cccc(F)c2)nnc1S[C@@H](C)C(=O)Nc1sc2c(c1C(=O)OCC)CCCC2. The molecule has 0 bridgehead atoms. The van der Waals surface area contributed by atoms with Crippen LogP contribution in [0.4, 0.5) is 9.39 Å². The quantitative estimate of drug-likeness (QED) is 0.216. The molecule has 214 valence electrons. The largest absolute Gasteiger partial charge is 0.462 e. The fraction of sp³-hybridized carbons (Fsp3) is 0.464. The van der Waals surface area contributed by atoms with Gasteiger partial charge in [-0.2, -0.15) is 0 Å². The van der Waals surface area contributed by atoms with E-state index >= 15 is 0 Å². The van der Waals surface area contributed by atoms with Crippen LogP contribution in [-0.4, -0.2) is 44.4 Å². The lowest BCUT2D eigenvalue weighted by Crippen LogP contribution is -2.25. The van der Waals surface area contributed by atoms with Gasteiger partial charge in [0, 0.05) is 17.0 Å². The van der Waals surface area contributed by atoms with Crippen molar-refractivity contribution in [2.24, 2.45) is 0 Å². The van der Waals surface area contributed by atoms with Crippen molar-refractivity contribution in [2.75, 3.05) is 11.9 Å². The van der Waals surface area contributed by atoms with Crippen molar-refractivity contribution in [1.82, 2.24) is 20.1 Å². The van der Waals surface area contributed by atoms with Gasteiger partial charge in [-0.25, -0.2) is 9.18 Å². The summed E-state index contributed by atoms with van der Waals surface area (Å²) in [5.74, 6) is -1.00. The fourth-order valence-corrected chi connectivity index (χ4v) is 6.64. The van der Waals surface area contributed by atoms with Crippen LogP contribution in [0.25, 0.3) is 0 Å². The molecule has 4 rings (SSSR count). The van der Waals surface area contributed by atoms with Gasteiger partial charge in [0.25, 0.3) is 5.91 Å². The van der Waals surface area contributed by atoms with Crippen molar-refractivity contribution < 1.29 is 23.5 Å². The average molecular weight is 588 g/mol. The van der Waals surface area contributed by atoms with Gasteiger partial charge >= 0.3 is 5.97 Å². The van der Waals surface area contributed by atoms with Gasteiger partial charge in [0.2, 0.25) is 5.91 Å². The number of rotatable bonds is 12. The number of nitrogens with zero attached hydrogens (tertiary/aromatic N) is 3. The minimum absolute atomic E-state index is 0.108. The molecule has 2 aromatic heterocycles. The number of unbranched alkanes of at least 4 members (excludes halogenated alkanes) is 1. The van der Waals surface area contributed by atoms with Crippen LogP contribution in [0.15, 0.2) is 29.4 Å². The molecule has 40 heavy (non-hydrogen) atoms. The van der Waals surface area contributed by atoms with Gasteiger partial charge in [-0.3, -0.25) is 9.59 Å². The highest BCUT2D eigenvalue weighted by Gasteiger charge is 2.29. The molecule has 0 saturated heterocycles. The number of fused-ring (bicyclic) bond motifs is 1. The second-order valence-electron chi connectivity index (χ2n) is 9.48. The molecule has 3 aromatic rings. The van der Waals surface area contributed by atoms with Gasteiger partial charge in [0.1, 0.15) is 10.8 Å². The van der Waals surface area contributed by atoms with E-state index in [2.05, 4.69) is 27.8 Å². The summed E-state index contributed by atoms with van der Waals surface area (Å²) in [4.78, 5) is 39.7. The van der Waals surface area contributed by atoms with Crippen molar-refractivity contribution in [2.45, 2.75) is 82.8 Å². The van der Waals surface area contributed by atoms with Crippen molar-refractivity contribution in [1.29, 1.82) is 0 Å². The van der Waals surface area contributed by atoms with E-state index in [1.807, 2.05) is 4.57 Å². The molecule has 1 atom stereocenters. The summed E-state index contributed by atoms with van der Waals surface area (Å²) in [6, 6.07) is 5.48. The first-order valence-electron chi connectivity index (χ1n) is 13.6. The zero-order valence-electron chi connectivity index (χ0n) is 22.9. The number of amides is 2. The number of hydrogen-bond acceptors (Lipinski definition) is 8. The monoisotopic (exact) mass is 587 g/mol. The summed E-state index contributed by atoms with van der Waals surface area (Å²) < 4.78 is 20.7. The predicted molar refractivity (Wildman–Crippen MR) is 153 cm³/mol. The number of carbonyl (C=O) groups excluding carboxylic acids is 3. The Morgan fingerprint density at radius 1 is 1.20 bits per heavy atom. The molecule has 0 fully saturated rings. The first-order valence-corrected chi connectivity index (χ1v) is 15.3. The molecule has 0 unspecified atom stereocenters. The Morgan fingerprint density at radius 3 is 2.75 bits per heavy atom. The number of ether oxygens (including phenoxy) is 1. The Hall–Kier alpha value is -3.25. The Labute approximate surface area is 241 Å². The summed E-state index contributed by atoms with van der Waals surface area (Å²) in [6.07, 6.45) is 5.57. The highest BCUT2D eigenvalue weighted by molar-refractivity contribution is 8.00. The lowest BCUT2D eigenvalue weighted by molar-refractivity contribution is -0.115. The number of hydrogen-bond donors (Lipinski definition) is 2. The minimum Gasteiger partial charge on any atom is -0.462 e. The number of anilines is 1. The molecule has 0 spiro atoms. The number of carbonyl (C=O) groups is 3. The van der Waals surface area contributed by atoms with E-state index in [0.29, 0.717) is 28.1 Å². The smallest absolute Gasteiger partial charge is 0.341 e.